The standard InChI is InChI=1S/C14H19NO2/c1-3-17-11-12(2)14(16)10-15-9-13-7-5-4-6-8-13/h4-8,15H,2-3,9-11H2,1H3. The molecule has 1 aromatic carbocycles. The normalized spacial score (nSPS) is 10.2. The lowest BCUT2D eigenvalue weighted by Crippen LogP contribution is -2.24. The van der Waals surface area contributed by atoms with Gasteiger partial charge in [-0.25, -0.2) is 0 Å². The molecule has 17 heavy (non-hydrogen) atoms. The smallest absolute Gasteiger partial charge is 0.174 e. The van der Waals surface area contributed by atoms with Gasteiger partial charge in [0.05, 0.1) is 13.2 Å². The van der Waals surface area contributed by atoms with E-state index in [2.05, 4.69) is 11.9 Å². The molecule has 1 rings (SSSR count). The second kappa shape index (κ2) is 7.76. The Bertz CT molecular complexity index is 360. The number of carbonyl (C=O) groups is 1. The van der Waals surface area contributed by atoms with Crippen LogP contribution in [0.4, 0.5) is 0 Å². The van der Waals surface area contributed by atoms with Crippen LogP contribution in [0.1, 0.15) is 12.5 Å². The summed E-state index contributed by atoms with van der Waals surface area (Å²) in [6, 6.07) is 9.97. The van der Waals surface area contributed by atoms with Crippen LogP contribution in [-0.2, 0) is 16.1 Å². The van der Waals surface area contributed by atoms with E-state index in [9.17, 15) is 4.79 Å². The van der Waals surface area contributed by atoms with Crippen LogP contribution in [0.2, 0.25) is 0 Å². The Morgan fingerprint density at radius 1 is 1.35 bits per heavy atom. The van der Waals surface area contributed by atoms with Crippen molar-refractivity contribution in [3.63, 3.8) is 0 Å². The number of ether oxygens (including phenoxy) is 1. The molecular formula is C14H19NO2. The second-order valence-electron chi connectivity index (χ2n) is 3.75. The predicted molar refractivity (Wildman–Crippen MR) is 68.8 cm³/mol. The third-order valence-corrected chi connectivity index (χ3v) is 2.33. The van der Waals surface area contributed by atoms with Gasteiger partial charge in [-0.2, -0.15) is 0 Å². The number of Topliss-reactive ketones (excluding diaryl/α,β-unsaturated/α-hetero) is 1. The molecule has 0 spiro atoms. The van der Waals surface area contributed by atoms with Crippen molar-refractivity contribution in [3.8, 4) is 0 Å². The van der Waals surface area contributed by atoms with Crippen molar-refractivity contribution >= 4 is 5.78 Å². The maximum Gasteiger partial charge on any atom is 0.174 e. The van der Waals surface area contributed by atoms with E-state index in [1.54, 1.807) is 0 Å². The highest BCUT2D eigenvalue weighted by molar-refractivity contribution is 5.96. The molecule has 3 nitrogen and oxygen atoms in total. The highest BCUT2D eigenvalue weighted by atomic mass is 16.5. The van der Waals surface area contributed by atoms with E-state index < -0.39 is 0 Å². The molecule has 1 N–H and O–H groups in total. The van der Waals surface area contributed by atoms with E-state index in [1.807, 2.05) is 37.3 Å². The van der Waals surface area contributed by atoms with Crippen molar-refractivity contribution in [1.29, 1.82) is 0 Å². The van der Waals surface area contributed by atoms with Gasteiger partial charge < -0.3 is 10.1 Å². The second-order valence-corrected chi connectivity index (χ2v) is 3.75. The first-order chi connectivity index (χ1) is 8.24. The van der Waals surface area contributed by atoms with Crippen molar-refractivity contribution in [2.75, 3.05) is 19.8 Å². The number of nitrogens with one attached hydrogen (secondary N) is 1. The zero-order valence-corrected chi connectivity index (χ0v) is 10.2. The van der Waals surface area contributed by atoms with Crippen LogP contribution in [0.25, 0.3) is 0 Å². The summed E-state index contributed by atoms with van der Waals surface area (Å²) in [5, 5.41) is 3.09. The number of hydrogen-bond acceptors (Lipinski definition) is 3. The third kappa shape index (κ3) is 5.43. The molecule has 92 valence electrons. The minimum atomic E-state index is 0.00869. The summed E-state index contributed by atoms with van der Waals surface area (Å²) >= 11 is 0. The number of carbonyl (C=O) groups excluding carboxylic acids is 1. The van der Waals surface area contributed by atoms with E-state index in [1.165, 1.54) is 0 Å². The molecule has 0 aliphatic carbocycles. The topological polar surface area (TPSA) is 38.3 Å². The fraction of sp³-hybridized carbons (Fsp3) is 0.357. The highest BCUT2D eigenvalue weighted by Crippen LogP contribution is 1.98. The van der Waals surface area contributed by atoms with Gasteiger partial charge in [0, 0.05) is 18.7 Å². The molecule has 0 radical (unpaired) electrons. The van der Waals surface area contributed by atoms with Gasteiger partial charge in [-0.15, -0.1) is 0 Å². The average molecular weight is 233 g/mol. The van der Waals surface area contributed by atoms with Crippen LogP contribution < -0.4 is 5.32 Å². The van der Waals surface area contributed by atoms with Gasteiger partial charge in [0.15, 0.2) is 5.78 Å². The van der Waals surface area contributed by atoms with Crippen LogP contribution in [0.5, 0.6) is 0 Å². The Balaban J connectivity index is 2.22. The third-order valence-electron chi connectivity index (χ3n) is 2.33. The van der Waals surface area contributed by atoms with Gasteiger partial charge in [0.1, 0.15) is 0 Å². The first kappa shape index (κ1) is 13.6. The predicted octanol–water partition coefficient (Wildman–Crippen LogP) is 1.94. The molecule has 0 saturated heterocycles. The first-order valence-corrected chi connectivity index (χ1v) is 5.77. The number of ketones is 1. The molecule has 1 aromatic rings. The van der Waals surface area contributed by atoms with Crippen LogP contribution in [0.3, 0.4) is 0 Å². The molecule has 0 aliphatic rings. The van der Waals surface area contributed by atoms with E-state index in [4.69, 9.17) is 4.74 Å². The molecular weight excluding hydrogens is 214 g/mol. The first-order valence-electron chi connectivity index (χ1n) is 5.77. The monoisotopic (exact) mass is 233 g/mol. The summed E-state index contributed by atoms with van der Waals surface area (Å²) < 4.78 is 5.13. The van der Waals surface area contributed by atoms with Crippen molar-refractivity contribution < 1.29 is 9.53 Å². The molecule has 0 amide bonds. The summed E-state index contributed by atoms with van der Waals surface area (Å²) in [5.74, 6) is 0.00869. The molecule has 0 aliphatic heterocycles. The highest BCUT2D eigenvalue weighted by Gasteiger charge is 2.06. The van der Waals surface area contributed by atoms with Crippen molar-refractivity contribution in [2.24, 2.45) is 0 Å². The van der Waals surface area contributed by atoms with E-state index in [0.29, 0.717) is 31.9 Å². The summed E-state index contributed by atoms with van der Waals surface area (Å²) in [6.07, 6.45) is 0. The van der Waals surface area contributed by atoms with Crippen LogP contribution in [-0.4, -0.2) is 25.5 Å². The summed E-state index contributed by atoms with van der Waals surface area (Å²) in [7, 11) is 0. The molecule has 0 saturated carbocycles. The van der Waals surface area contributed by atoms with Gasteiger partial charge in [-0.3, -0.25) is 4.79 Å². The average Bonchev–Trinajstić information content (AvgIpc) is 2.37. The zero-order chi connectivity index (χ0) is 12.5. The Hall–Kier alpha value is -1.45. The molecule has 0 heterocycles. The largest absolute Gasteiger partial charge is 0.377 e. The SMILES string of the molecule is C=C(COCC)C(=O)CNCc1ccccc1. The van der Waals surface area contributed by atoms with Gasteiger partial charge in [-0.05, 0) is 12.5 Å². The van der Waals surface area contributed by atoms with Gasteiger partial charge in [0.25, 0.3) is 0 Å². The molecule has 0 bridgehead atoms. The van der Waals surface area contributed by atoms with Crippen LogP contribution in [0.15, 0.2) is 42.5 Å². The van der Waals surface area contributed by atoms with Gasteiger partial charge in [-0.1, -0.05) is 36.9 Å². The molecule has 0 unspecified atom stereocenters. The molecule has 0 fully saturated rings. The number of rotatable bonds is 8. The maximum absolute atomic E-state index is 11.6. The van der Waals surface area contributed by atoms with E-state index >= 15 is 0 Å². The lowest BCUT2D eigenvalue weighted by Gasteiger charge is -2.06. The zero-order valence-electron chi connectivity index (χ0n) is 10.2. The van der Waals surface area contributed by atoms with Crippen LogP contribution >= 0.6 is 0 Å². The Labute approximate surface area is 102 Å². The van der Waals surface area contributed by atoms with Crippen molar-refractivity contribution in [2.45, 2.75) is 13.5 Å². The quantitative estimate of drug-likeness (QED) is 0.697. The van der Waals surface area contributed by atoms with E-state index in [-0.39, 0.29) is 5.78 Å². The Morgan fingerprint density at radius 2 is 2.06 bits per heavy atom. The van der Waals surface area contributed by atoms with Crippen molar-refractivity contribution in [1.82, 2.24) is 5.32 Å². The summed E-state index contributed by atoms with van der Waals surface area (Å²) in [5.41, 5.74) is 1.68. The lowest BCUT2D eigenvalue weighted by atomic mass is 10.2. The van der Waals surface area contributed by atoms with Gasteiger partial charge >= 0.3 is 0 Å². The Kier molecular flexibility index (Phi) is 6.22. The molecule has 0 aromatic heterocycles. The molecule has 0 atom stereocenters. The summed E-state index contributed by atoms with van der Waals surface area (Å²) in [6.45, 7) is 7.52. The minimum absolute atomic E-state index is 0.00869. The maximum atomic E-state index is 11.6. The number of benzene rings is 1. The van der Waals surface area contributed by atoms with Crippen LogP contribution in [0, 0.1) is 0 Å². The van der Waals surface area contributed by atoms with E-state index in [0.717, 1.165) is 5.56 Å². The molecule has 3 heteroatoms. The fourth-order valence-electron chi connectivity index (χ4n) is 1.35. The van der Waals surface area contributed by atoms with Crippen molar-refractivity contribution in [3.05, 3.63) is 48.0 Å². The minimum Gasteiger partial charge on any atom is -0.377 e. The Morgan fingerprint density at radius 3 is 2.71 bits per heavy atom. The summed E-state index contributed by atoms with van der Waals surface area (Å²) in [4.78, 5) is 11.6. The number of hydrogen-bond donors (Lipinski definition) is 1. The van der Waals surface area contributed by atoms with Gasteiger partial charge in [0.2, 0.25) is 0 Å². The lowest BCUT2D eigenvalue weighted by molar-refractivity contribution is -0.115. The fourth-order valence-corrected chi connectivity index (χ4v) is 1.35.